The van der Waals surface area contributed by atoms with Gasteiger partial charge in [-0.3, -0.25) is 0 Å². The molecule has 0 bridgehead atoms. The quantitative estimate of drug-likeness (QED) is 0.176. The number of allylic oxidation sites excluding steroid dienone is 4. The molecule has 2 aliphatic carbocycles. The molecule has 3 aliphatic rings. The third-order valence-corrected chi connectivity index (χ3v) is 14.9. The smallest absolute Gasteiger partial charge is 0.0718 e. The van der Waals surface area contributed by atoms with Crippen molar-refractivity contribution in [2.24, 2.45) is 5.92 Å². The van der Waals surface area contributed by atoms with Crippen molar-refractivity contribution in [1.29, 1.82) is 0 Å². The van der Waals surface area contributed by atoms with Gasteiger partial charge >= 0.3 is 0 Å². The first-order valence-electron chi connectivity index (χ1n) is 24.1. The van der Waals surface area contributed by atoms with E-state index in [-0.39, 0.29) is 11.5 Å². The Morgan fingerprint density at radius 2 is 1.07 bits per heavy atom. The maximum absolute atomic E-state index is 4.02. The molecule has 68 heavy (non-hydrogen) atoms. The molecule has 1 N–H and O–H groups in total. The molecule has 2 heterocycles. The normalized spacial score (nSPS) is 17.9. The van der Waals surface area contributed by atoms with Gasteiger partial charge in [-0.1, -0.05) is 201 Å². The van der Waals surface area contributed by atoms with Gasteiger partial charge in [0.2, 0.25) is 0 Å². The first kappa shape index (κ1) is 40.1. The van der Waals surface area contributed by atoms with Crippen molar-refractivity contribution in [3.63, 3.8) is 0 Å². The van der Waals surface area contributed by atoms with Gasteiger partial charge in [-0.15, -0.1) is 0 Å². The van der Waals surface area contributed by atoms with Gasteiger partial charge in [-0.2, -0.15) is 0 Å². The summed E-state index contributed by atoms with van der Waals surface area (Å²) in [4.78, 5) is 0. The molecule has 2 heteroatoms. The van der Waals surface area contributed by atoms with Crippen LogP contribution in [-0.4, -0.2) is 4.57 Å². The Bertz CT molecular complexity index is 3810. The van der Waals surface area contributed by atoms with Crippen LogP contribution in [0.25, 0.3) is 95.2 Å². The zero-order valence-corrected chi connectivity index (χ0v) is 38.3. The van der Waals surface area contributed by atoms with Crippen LogP contribution < -0.4 is 15.8 Å². The van der Waals surface area contributed by atoms with Gasteiger partial charge in [0.1, 0.15) is 0 Å². The Morgan fingerprint density at radius 3 is 1.87 bits per heavy atom. The van der Waals surface area contributed by atoms with E-state index in [1.165, 1.54) is 110 Å². The minimum Gasteiger partial charge on any atom is -0.354 e. The maximum Gasteiger partial charge on any atom is 0.0718 e. The fourth-order valence-electron chi connectivity index (χ4n) is 11.6. The van der Waals surface area contributed by atoms with Gasteiger partial charge in [-0.05, 0) is 128 Å². The average Bonchev–Trinajstić information content (AvgIpc) is 3.66. The van der Waals surface area contributed by atoms with Gasteiger partial charge in [0.15, 0.2) is 0 Å². The molecule has 3 atom stereocenters. The predicted molar refractivity (Wildman–Crippen MR) is 288 cm³/mol. The van der Waals surface area contributed by atoms with Crippen molar-refractivity contribution < 1.29 is 0 Å². The van der Waals surface area contributed by atoms with Crippen LogP contribution in [0, 0.1) is 5.92 Å². The number of nitrogens with one attached hydrogen (secondary N) is 1. The monoisotopic (exact) mass is 870 g/mol. The van der Waals surface area contributed by atoms with Crippen LogP contribution in [-0.2, 0) is 5.54 Å². The molecule has 2 nitrogen and oxygen atoms in total. The molecule has 1 aliphatic heterocycles. The van der Waals surface area contributed by atoms with Crippen LogP contribution in [0.2, 0.25) is 0 Å². The van der Waals surface area contributed by atoms with E-state index in [0.29, 0.717) is 5.92 Å². The van der Waals surface area contributed by atoms with E-state index >= 15 is 0 Å². The molecule has 0 radical (unpaired) electrons. The van der Waals surface area contributed by atoms with Crippen molar-refractivity contribution >= 4 is 50.9 Å². The largest absolute Gasteiger partial charge is 0.354 e. The van der Waals surface area contributed by atoms with E-state index in [4.69, 9.17) is 0 Å². The highest BCUT2D eigenvalue weighted by Gasteiger charge is 2.38. The second kappa shape index (κ2) is 16.0. The van der Waals surface area contributed by atoms with Crippen molar-refractivity contribution in [2.75, 3.05) is 5.32 Å². The first-order chi connectivity index (χ1) is 33.5. The second-order valence-corrected chi connectivity index (χ2v) is 19.2. The number of anilines is 2. The first-order valence-corrected chi connectivity index (χ1v) is 24.1. The van der Waals surface area contributed by atoms with Gasteiger partial charge in [0.25, 0.3) is 0 Å². The van der Waals surface area contributed by atoms with E-state index in [9.17, 15) is 0 Å². The number of para-hydroxylation sites is 1. The summed E-state index contributed by atoms with van der Waals surface area (Å²) < 4.78 is 2.61. The molecule has 1 aromatic heterocycles. The minimum absolute atomic E-state index is 0.139. The highest BCUT2D eigenvalue weighted by atomic mass is 15.1. The van der Waals surface area contributed by atoms with Gasteiger partial charge in [-0.25, -0.2) is 0 Å². The molecule has 0 saturated heterocycles. The summed E-state index contributed by atoms with van der Waals surface area (Å²) in [7, 11) is 0. The SMILES string of the molecule is C[C@@H]1C=CC=C(c2cc(-c3ccc(-c4ccc5c(c4)c4ccccc4n5C4(C)C=c5ccccc5=CC4c4ccccc4)cc3)cc3c2Nc2ccc(-c4ccccc4)cc2-c2ccccc2-3)C1. The number of aromatic nitrogens is 1. The number of fused-ring (bicyclic) bond motifs is 9. The molecule has 324 valence electrons. The number of benzene rings is 9. The Kier molecular flexibility index (Phi) is 9.44. The van der Waals surface area contributed by atoms with Crippen LogP contribution in [0.5, 0.6) is 0 Å². The Morgan fingerprint density at radius 1 is 0.485 bits per heavy atom. The molecule has 10 aromatic rings. The van der Waals surface area contributed by atoms with Crippen LogP contribution >= 0.6 is 0 Å². The van der Waals surface area contributed by atoms with Gasteiger partial charge < -0.3 is 9.88 Å². The molecular formula is C66H50N2. The summed E-state index contributed by atoms with van der Waals surface area (Å²) in [5, 5.41) is 9.12. The Labute approximate surface area is 398 Å². The second-order valence-electron chi connectivity index (χ2n) is 19.2. The molecule has 13 rings (SSSR count). The standard InChI is InChI=1S/C66H50N2/c1-43-16-15-23-51(36-43)57-39-53(40-60-55-25-12-11-24-54(55)58-37-49(44-17-5-3-6-18-44)32-34-62(58)67-65(57)60)46-30-28-45(29-31-46)50-33-35-64-59(38-50)56-26-13-14-27-63(56)68(64)66(2)42-52-22-10-9-21-48(52)41-61(66)47-19-7-4-8-20-47/h3-35,37-43,61,67H,36H2,1-2H3/t43-,61?,66?/m1/s1. The molecule has 0 saturated carbocycles. The zero-order chi connectivity index (χ0) is 45.3. The predicted octanol–water partition coefficient (Wildman–Crippen LogP) is 15.9. The van der Waals surface area contributed by atoms with E-state index in [1.807, 2.05) is 0 Å². The third kappa shape index (κ3) is 6.62. The molecule has 0 fully saturated rings. The summed E-state index contributed by atoms with van der Waals surface area (Å²) >= 11 is 0. The van der Waals surface area contributed by atoms with E-state index in [0.717, 1.165) is 12.1 Å². The number of rotatable bonds is 6. The van der Waals surface area contributed by atoms with E-state index < -0.39 is 0 Å². The average molecular weight is 871 g/mol. The summed E-state index contributed by atoms with van der Waals surface area (Å²) in [5.41, 5.74) is 20.5. The van der Waals surface area contributed by atoms with Crippen LogP contribution in [0.3, 0.4) is 0 Å². The van der Waals surface area contributed by atoms with Gasteiger partial charge in [0.05, 0.1) is 11.2 Å². The topological polar surface area (TPSA) is 17.0 Å². The minimum atomic E-state index is -0.362. The summed E-state index contributed by atoms with van der Waals surface area (Å²) in [6.07, 6.45) is 12.8. The van der Waals surface area contributed by atoms with Crippen LogP contribution in [0.15, 0.2) is 224 Å². The third-order valence-electron chi connectivity index (χ3n) is 14.9. The fourth-order valence-corrected chi connectivity index (χ4v) is 11.6. The Hall–Kier alpha value is -8.20. The van der Waals surface area contributed by atoms with Crippen molar-refractivity contribution in [3.8, 4) is 55.6 Å². The molecule has 0 spiro atoms. The van der Waals surface area contributed by atoms with E-state index in [1.54, 1.807) is 0 Å². The highest BCUT2D eigenvalue weighted by Crippen LogP contribution is 2.51. The Balaban J connectivity index is 0.922. The van der Waals surface area contributed by atoms with Gasteiger partial charge in [0, 0.05) is 50.1 Å². The number of nitrogens with zero attached hydrogens (tertiary/aromatic N) is 1. The summed E-state index contributed by atoms with van der Waals surface area (Å²) in [6.45, 7) is 4.73. The molecule has 2 unspecified atom stereocenters. The van der Waals surface area contributed by atoms with Crippen LogP contribution in [0.1, 0.15) is 37.3 Å². The lowest BCUT2D eigenvalue weighted by Gasteiger charge is -2.39. The molecular weight excluding hydrogens is 821 g/mol. The highest BCUT2D eigenvalue weighted by molar-refractivity contribution is 6.10. The van der Waals surface area contributed by atoms with Crippen molar-refractivity contribution in [1.82, 2.24) is 4.57 Å². The maximum atomic E-state index is 4.02. The van der Waals surface area contributed by atoms with Crippen molar-refractivity contribution in [2.45, 2.75) is 31.7 Å². The fraction of sp³-hybridized carbons (Fsp3) is 0.0909. The van der Waals surface area contributed by atoms with E-state index in [2.05, 4.69) is 260 Å². The lowest BCUT2D eigenvalue weighted by atomic mass is 9.76. The summed E-state index contributed by atoms with van der Waals surface area (Å²) in [6, 6.07) is 76.5. The molecule has 9 aromatic carbocycles. The zero-order valence-electron chi connectivity index (χ0n) is 38.3. The lowest BCUT2D eigenvalue weighted by molar-refractivity contribution is 0.428. The lowest BCUT2D eigenvalue weighted by Crippen LogP contribution is -2.43. The molecule has 0 amide bonds. The van der Waals surface area contributed by atoms with Crippen LogP contribution in [0.4, 0.5) is 11.4 Å². The van der Waals surface area contributed by atoms with Crippen molar-refractivity contribution in [3.05, 3.63) is 246 Å². The number of hydrogen-bond donors (Lipinski definition) is 1. The summed E-state index contributed by atoms with van der Waals surface area (Å²) in [5.74, 6) is 0.599. The number of hydrogen-bond acceptors (Lipinski definition) is 1.